The molecule has 0 unspecified atom stereocenters. The molecule has 0 saturated heterocycles. The van der Waals surface area contributed by atoms with Gasteiger partial charge >= 0.3 is 0 Å². The largest absolute Gasteiger partial charge is 0.440 e. The van der Waals surface area contributed by atoms with Crippen LogP contribution in [0.15, 0.2) is 46.6 Å². The lowest BCUT2D eigenvalue weighted by Gasteiger charge is -2.27. The molecule has 6 heteroatoms. The van der Waals surface area contributed by atoms with Gasteiger partial charge in [0, 0.05) is 23.4 Å². The molecule has 1 atom stereocenters. The molecule has 25 heavy (non-hydrogen) atoms. The molecule has 4 rings (SSSR count). The highest BCUT2D eigenvalue weighted by Crippen LogP contribution is 2.43. The van der Waals surface area contributed by atoms with Crippen molar-refractivity contribution in [3.63, 3.8) is 0 Å². The summed E-state index contributed by atoms with van der Waals surface area (Å²) in [5.74, 6) is -1.15. The Hall–Kier alpha value is -3.07. The van der Waals surface area contributed by atoms with Gasteiger partial charge in [0.25, 0.3) is 5.56 Å². The van der Waals surface area contributed by atoms with Gasteiger partial charge in [0.05, 0.1) is 11.5 Å². The maximum atomic E-state index is 14.5. The van der Waals surface area contributed by atoms with E-state index in [1.807, 2.05) is 13.0 Å². The van der Waals surface area contributed by atoms with Crippen molar-refractivity contribution in [2.24, 2.45) is 5.73 Å². The fourth-order valence-electron chi connectivity index (χ4n) is 3.47. The van der Waals surface area contributed by atoms with E-state index in [0.717, 1.165) is 18.5 Å². The van der Waals surface area contributed by atoms with E-state index in [2.05, 4.69) is 0 Å². The number of pyridine rings is 1. The number of hydrogen-bond donors (Lipinski definition) is 1. The van der Waals surface area contributed by atoms with Crippen LogP contribution in [0.5, 0.6) is 5.75 Å². The molecule has 1 fully saturated rings. The van der Waals surface area contributed by atoms with Crippen molar-refractivity contribution in [3.8, 4) is 11.8 Å². The van der Waals surface area contributed by atoms with E-state index in [1.54, 1.807) is 28.8 Å². The zero-order valence-electron chi connectivity index (χ0n) is 13.6. The molecular formula is C19H16FN3O2. The van der Waals surface area contributed by atoms with Gasteiger partial charge in [-0.05, 0) is 25.8 Å². The molecule has 1 aromatic heterocycles. The monoisotopic (exact) mass is 337 g/mol. The number of halogens is 1. The third-order valence-electron chi connectivity index (χ3n) is 4.75. The van der Waals surface area contributed by atoms with E-state index in [-0.39, 0.29) is 34.2 Å². The molecule has 2 aliphatic rings. The Morgan fingerprint density at radius 2 is 2.08 bits per heavy atom. The first-order chi connectivity index (χ1) is 12.0. The second-order valence-corrected chi connectivity index (χ2v) is 6.42. The number of aromatic nitrogens is 1. The van der Waals surface area contributed by atoms with Gasteiger partial charge in [0.2, 0.25) is 5.88 Å². The second-order valence-electron chi connectivity index (χ2n) is 6.42. The predicted molar refractivity (Wildman–Crippen MR) is 89.4 cm³/mol. The van der Waals surface area contributed by atoms with E-state index in [4.69, 9.17) is 10.5 Å². The Labute approximate surface area is 143 Å². The van der Waals surface area contributed by atoms with Crippen LogP contribution in [0.1, 0.15) is 41.6 Å². The summed E-state index contributed by atoms with van der Waals surface area (Å²) in [5.41, 5.74) is 7.00. The van der Waals surface area contributed by atoms with Gasteiger partial charge in [-0.2, -0.15) is 5.26 Å². The van der Waals surface area contributed by atoms with E-state index in [0.29, 0.717) is 5.75 Å². The summed E-state index contributed by atoms with van der Waals surface area (Å²) in [7, 11) is 0. The first kappa shape index (κ1) is 15.5. The molecule has 0 bridgehead atoms. The Balaban J connectivity index is 2.04. The molecule has 5 nitrogen and oxygen atoms in total. The van der Waals surface area contributed by atoms with Crippen LogP contribution in [0, 0.1) is 24.1 Å². The lowest BCUT2D eigenvalue weighted by Crippen LogP contribution is -2.32. The number of ether oxygens (including phenoxy) is 1. The molecule has 2 N–H and O–H groups in total. The lowest BCUT2D eigenvalue weighted by molar-refractivity contribution is 0.387. The number of hydrogen-bond acceptors (Lipinski definition) is 4. The van der Waals surface area contributed by atoms with Crippen LogP contribution in [0.3, 0.4) is 0 Å². The number of fused-ring (bicyclic) bond motifs is 1. The molecule has 0 amide bonds. The van der Waals surface area contributed by atoms with Gasteiger partial charge in [-0.15, -0.1) is 0 Å². The van der Waals surface area contributed by atoms with Crippen molar-refractivity contribution in [3.05, 3.63) is 74.8 Å². The van der Waals surface area contributed by atoms with Crippen molar-refractivity contribution in [2.45, 2.75) is 31.7 Å². The number of nitriles is 1. The summed E-state index contributed by atoms with van der Waals surface area (Å²) in [6, 6.07) is 10.0. The van der Waals surface area contributed by atoms with Crippen LogP contribution < -0.4 is 16.0 Å². The number of aryl methyl sites for hydroxylation is 1. The normalized spacial score (nSPS) is 19.2. The Morgan fingerprint density at radius 3 is 2.72 bits per heavy atom. The number of nitrogens with two attached hydrogens (primary N) is 1. The minimum absolute atomic E-state index is 0.0564. The Morgan fingerprint density at radius 1 is 1.36 bits per heavy atom. The van der Waals surface area contributed by atoms with Crippen molar-refractivity contribution in [1.29, 1.82) is 5.26 Å². The number of nitrogens with zero attached hydrogens (tertiary/aromatic N) is 2. The van der Waals surface area contributed by atoms with Gasteiger partial charge < -0.3 is 15.0 Å². The average Bonchev–Trinajstić information content (AvgIpc) is 3.39. The smallest absolute Gasteiger partial charge is 0.258 e. The molecule has 0 radical (unpaired) electrons. The lowest BCUT2D eigenvalue weighted by atomic mass is 9.83. The number of allylic oxidation sites excluding steroid dienone is 1. The minimum atomic E-state index is -0.868. The van der Waals surface area contributed by atoms with Crippen LogP contribution >= 0.6 is 0 Å². The molecule has 2 heterocycles. The first-order valence-electron chi connectivity index (χ1n) is 8.11. The third kappa shape index (κ3) is 2.31. The van der Waals surface area contributed by atoms with Crippen LogP contribution in [-0.4, -0.2) is 4.57 Å². The van der Waals surface area contributed by atoms with Gasteiger partial charge in [0.1, 0.15) is 23.2 Å². The molecule has 1 saturated carbocycles. The maximum absolute atomic E-state index is 14.5. The van der Waals surface area contributed by atoms with E-state index < -0.39 is 11.7 Å². The molecule has 2 aromatic rings. The van der Waals surface area contributed by atoms with Crippen molar-refractivity contribution in [2.75, 3.05) is 0 Å². The molecule has 126 valence electrons. The number of benzene rings is 1. The summed E-state index contributed by atoms with van der Waals surface area (Å²) in [5, 5.41) is 9.55. The molecule has 1 aromatic carbocycles. The van der Waals surface area contributed by atoms with E-state index >= 15 is 0 Å². The fourth-order valence-corrected chi connectivity index (χ4v) is 3.47. The first-order valence-corrected chi connectivity index (χ1v) is 8.11. The standard InChI is InChI=1S/C19H16FN3O2/c1-10-8-15-17(19(24)23(10)11-6-7-11)16(13(9-21)18(22)25-15)12-4-2-3-5-14(12)20/h2-5,8,11,16H,6-7,22H2,1H3/t16-/m1/s1. The quantitative estimate of drug-likeness (QED) is 0.914. The molecule has 1 aliphatic carbocycles. The highest BCUT2D eigenvalue weighted by molar-refractivity contribution is 5.55. The SMILES string of the molecule is Cc1cc2c(c(=O)n1C1CC1)[C@H](c1ccccc1F)C(C#N)=C(N)O2. The molecular weight excluding hydrogens is 321 g/mol. The summed E-state index contributed by atoms with van der Waals surface area (Å²) in [6.07, 6.45) is 1.88. The van der Waals surface area contributed by atoms with Gasteiger partial charge in [-0.3, -0.25) is 4.79 Å². The van der Waals surface area contributed by atoms with Gasteiger partial charge in [-0.1, -0.05) is 18.2 Å². The topological polar surface area (TPSA) is 81.0 Å². The van der Waals surface area contributed by atoms with Crippen molar-refractivity contribution >= 4 is 0 Å². The van der Waals surface area contributed by atoms with Crippen LogP contribution in [-0.2, 0) is 0 Å². The van der Waals surface area contributed by atoms with Crippen LogP contribution in [0.4, 0.5) is 4.39 Å². The fraction of sp³-hybridized carbons (Fsp3) is 0.263. The maximum Gasteiger partial charge on any atom is 0.258 e. The predicted octanol–water partition coefficient (Wildman–Crippen LogP) is 2.85. The zero-order chi connectivity index (χ0) is 17.7. The zero-order valence-corrected chi connectivity index (χ0v) is 13.6. The van der Waals surface area contributed by atoms with Gasteiger partial charge in [-0.25, -0.2) is 4.39 Å². The van der Waals surface area contributed by atoms with E-state index in [1.165, 1.54) is 6.07 Å². The van der Waals surface area contributed by atoms with Crippen LogP contribution in [0.2, 0.25) is 0 Å². The van der Waals surface area contributed by atoms with Crippen molar-refractivity contribution < 1.29 is 9.13 Å². The summed E-state index contributed by atoms with van der Waals surface area (Å²) in [4.78, 5) is 13.2. The van der Waals surface area contributed by atoms with Gasteiger partial charge in [0.15, 0.2) is 0 Å². The minimum Gasteiger partial charge on any atom is -0.440 e. The summed E-state index contributed by atoms with van der Waals surface area (Å²) in [6.45, 7) is 1.83. The second kappa shape index (κ2) is 5.49. The van der Waals surface area contributed by atoms with Crippen LogP contribution in [0.25, 0.3) is 0 Å². The highest BCUT2D eigenvalue weighted by atomic mass is 19.1. The molecule has 0 spiro atoms. The van der Waals surface area contributed by atoms with E-state index in [9.17, 15) is 14.4 Å². The Bertz CT molecular complexity index is 1010. The summed E-state index contributed by atoms with van der Waals surface area (Å²) >= 11 is 0. The Kier molecular flexibility index (Phi) is 3.39. The highest BCUT2D eigenvalue weighted by Gasteiger charge is 2.37. The number of rotatable bonds is 2. The molecule has 1 aliphatic heterocycles. The van der Waals surface area contributed by atoms with Crippen molar-refractivity contribution in [1.82, 2.24) is 4.57 Å². The summed E-state index contributed by atoms with van der Waals surface area (Å²) < 4.78 is 21.7. The third-order valence-corrected chi connectivity index (χ3v) is 4.75. The average molecular weight is 337 g/mol.